The number of aryl methyl sites for hydroxylation is 1. The molecule has 3 rings (SSSR count). The van der Waals surface area contributed by atoms with Crippen molar-refractivity contribution in [3.8, 4) is 5.88 Å². The average Bonchev–Trinajstić information content (AvgIpc) is 2.99. The normalized spacial score (nSPS) is 15.1. The second-order valence-electron chi connectivity index (χ2n) is 4.02. The lowest BCUT2D eigenvalue weighted by Gasteiger charge is -2.08. The summed E-state index contributed by atoms with van der Waals surface area (Å²) in [6.07, 6.45) is 5.00. The standard InChI is InChI=1S/C12H14N4OS/c1-3-17-12-9(8-5-4-6-18-8)14-11-10(15-12)13-7-16(11)2/h5,7H,3-4,6H2,1-2H3. The molecule has 2 aromatic heterocycles. The van der Waals surface area contributed by atoms with Crippen LogP contribution in [-0.4, -0.2) is 31.9 Å². The molecule has 0 radical (unpaired) electrons. The van der Waals surface area contributed by atoms with E-state index in [1.54, 1.807) is 18.1 Å². The van der Waals surface area contributed by atoms with Gasteiger partial charge in [-0.3, -0.25) is 0 Å². The van der Waals surface area contributed by atoms with Gasteiger partial charge in [0, 0.05) is 17.7 Å². The second kappa shape index (κ2) is 4.61. The number of allylic oxidation sites excluding steroid dienone is 1. The minimum Gasteiger partial charge on any atom is -0.476 e. The summed E-state index contributed by atoms with van der Waals surface area (Å²) in [6.45, 7) is 2.53. The van der Waals surface area contributed by atoms with Crippen LogP contribution in [-0.2, 0) is 7.05 Å². The lowest BCUT2D eigenvalue weighted by Crippen LogP contribution is -2.02. The molecule has 3 heterocycles. The number of thioether (sulfide) groups is 1. The Hall–Kier alpha value is -1.56. The molecule has 0 fully saturated rings. The van der Waals surface area contributed by atoms with E-state index in [0.717, 1.165) is 28.4 Å². The predicted octanol–water partition coefficient (Wildman–Crippen LogP) is 2.24. The number of hydrogen-bond acceptors (Lipinski definition) is 5. The molecule has 0 unspecified atom stereocenters. The van der Waals surface area contributed by atoms with Crippen LogP contribution in [0.1, 0.15) is 19.0 Å². The molecule has 1 aliphatic rings. The number of ether oxygens (including phenoxy) is 1. The largest absolute Gasteiger partial charge is 0.476 e. The van der Waals surface area contributed by atoms with E-state index >= 15 is 0 Å². The van der Waals surface area contributed by atoms with Crippen LogP contribution in [0, 0.1) is 0 Å². The number of nitrogens with zero attached hydrogens (tertiary/aromatic N) is 4. The van der Waals surface area contributed by atoms with Gasteiger partial charge in [0.15, 0.2) is 5.65 Å². The molecule has 5 nitrogen and oxygen atoms in total. The zero-order valence-electron chi connectivity index (χ0n) is 10.4. The number of rotatable bonds is 3. The Morgan fingerprint density at radius 3 is 3.06 bits per heavy atom. The Morgan fingerprint density at radius 2 is 2.33 bits per heavy atom. The van der Waals surface area contributed by atoms with E-state index in [4.69, 9.17) is 4.74 Å². The lowest BCUT2D eigenvalue weighted by atomic mass is 10.3. The molecule has 18 heavy (non-hydrogen) atoms. The van der Waals surface area contributed by atoms with E-state index in [9.17, 15) is 0 Å². The summed E-state index contributed by atoms with van der Waals surface area (Å²) in [5.74, 6) is 1.69. The van der Waals surface area contributed by atoms with Crippen molar-refractivity contribution in [2.45, 2.75) is 13.3 Å². The van der Waals surface area contributed by atoms with E-state index < -0.39 is 0 Å². The van der Waals surface area contributed by atoms with Crippen molar-refractivity contribution in [1.29, 1.82) is 0 Å². The summed E-state index contributed by atoms with van der Waals surface area (Å²) >= 11 is 1.80. The lowest BCUT2D eigenvalue weighted by molar-refractivity contribution is 0.325. The van der Waals surface area contributed by atoms with Crippen LogP contribution >= 0.6 is 11.8 Å². The van der Waals surface area contributed by atoms with Crippen molar-refractivity contribution in [2.75, 3.05) is 12.4 Å². The SMILES string of the molecule is CCOc1nc2ncn(C)c2nc1C1=CCCS1. The molecule has 0 spiro atoms. The topological polar surface area (TPSA) is 52.8 Å². The van der Waals surface area contributed by atoms with Crippen molar-refractivity contribution in [2.24, 2.45) is 7.05 Å². The monoisotopic (exact) mass is 262 g/mol. The van der Waals surface area contributed by atoms with E-state index in [1.165, 1.54) is 0 Å². The number of hydrogen-bond donors (Lipinski definition) is 0. The molecule has 0 bridgehead atoms. The second-order valence-corrected chi connectivity index (χ2v) is 5.16. The molecule has 2 aromatic rings. The summed E-state index contributed by atoms with van der Waals surface area (Å²) in [4.78, 5) is 14.5. The zero-order chi connectivity index (χ0) is 12.5. The van der Waals surface area contributed by atoms with Crippen molar-refractivity contribution in [1.82, 2.24) is 19.5 Å². The molecule has 0 amide bonds. The summed E-state index contributed by atoms with van der Waals surface area (Å²) < 4.78 is 7.47. The highest BCUT2D eigenvalue weighted by molar-refractivity contribution is 8.08. The quantitative estimate of drug-likeness (QED) is 0.849. The molecule has 1 aliphatic heterocycles. The van der Waals surface area contributed by atoms with Gasteiger partial charge < -0.3 is 9.30 Å². The van der Waals surface area contributed by atoms with Crippen molar-refractivity contribution in [3.05, 3.63) is 18.1 Å². The zero-order valence-corrected chi connectivity index (χ0v) is 11.2. The molecule has 6 heteroatoms. The predicted molar refractivity (Wildman–Crippen MR) is 72.5 cm³/mol. The van der Waals surface area contributed by atoms with Gasteiger partial charge in [0.25, 0.3) is 0 Å². The van der Waals surface area contributed by atoms with Crippen molar-refractivity contribution < 1.29 is 4.74 Å². The van der Waals surface area contributed by atoms with Gasteiger partial charge in [0.1, 0.15) is 5.69 Å². The maximum atomic E-state index is 5.59. The number of imidazole rings is 1. The highest BCUT2D eigenvalue weighted by Gasteiger charge is 2.19. The van der Waals surface area contributed by atoms with Gasteiger partial charge in [0.2, 0.25) is 11.5 Å². The van der Waals surface area contributed by atoms with E-state index in [-0.39, 0.29) is 0 Å². The maximum Gasteiger partial charge on any atom is 0.243 e. The van der Waals surface area contributed by atoms with E-state index in [2.05, 4.69) is 21.0 Å². The molecule has 0 saturated carbocycles. The van der Waals surface area contributed by atoms with Crippen LogP contribution < -0.4 is 4.74 Å². The van der Waals surface area contributed by atoms with E-state index in [0.29, 0.717) is 18.1 Å². The highest BCUT2D eigenvalue weighted by Crippen LogP contribution is 2.37. The van der Waals surface area contributed by atoms with E-state index in [1.807, 2.05) is 18.5 Å². The van der Waals surface area contributed by atoms with Crippen LogP contribution in [0.15, 0.2) is 12.4 Å². The Bertz CT molecular complexity index is 620. The Kier molecular flexibility index (Phi) is 2.95. The van der Waals surface area contributed by atoms with Crippen LogP contribution in [0.3, 0.4) is 0 Å². The van der Waals surface area contributed by atoms with Gasteiger partial charge >= 0.3 is 0 Å². The first kappa shape index (κ1) is 11.5. The maximum absolute atomic E-state index is 5.59. The van der Waals surface area contributed by atoms with Gasteiger partial charge in [-0.2, -0.15) is 4.98 Å². The van der Waals surface area contributed by atoms with Crippen molar-refractivity contribution in [3.63, 3.8) is 0 Å². The molecule has 0 aromatic carbocycles. The summed E-state index contributed by atoms with van der Waals surface area (Å²) in [5.41, 5.74) is 2.27. The van der Waals surface area contributed by atoms with Gasteiger partial charge in [-0.25, -0.2) is 9.97 Å². The Labute approximate surface area is 109 Å². The fourth-order valence-corrected chi connectivity index (χ4v) is 2.86. The third kappa shape index (κ3) is 1.86. The minimum absolute atomic E-state index is 0.581. The summed E-state index contributed by atoms with van der Waals surface area (Å²) in [5, 5.41) is 0. The first-order valence-corrected chi connectivity index (χ1v) is 6.93. The molecular weight excluding hydrogens is 248 g/mol. The van der Waals surface area contributed by atoms with Crippen LogP contribution in [0.25, 0.3) is 16.2 Å². The fourth-order valence-electron chi connectivity index (χ4n) is 1.90. The summed E-state index contributed by atoms with van der Waals surface area (Å²) in [6, 6.07) is 0. The van der Waals surface area contributed by atoms with Crippen LogP contribution in [0.5, 0.6) is 5.88 Å². The average molecular weight is 262 g/mol. The van der Waals surface area contributed by atoms with Gasteiger partial charge in [-0.05, 0) is 13.3 Å². The molecule has 0 N–H and O–H groups in total. The van der Waals surface area contributed by atoms with Crippen LogP contribution in [0.2, 0.25) is 0 Å². The first-order chi connectivity index (χ1) is 8.79. The smallest absolute Gasteiger partial charge is 0.243 e. The molecule has 0 atom stereocenters. The molecule has 0 saturated heterocycles. The molecular formula is C12H14N4OS. The third-order valence-electron chi connectivity index (χ3n) is 2.73. The van der Waals surface area contributed by atoms with Gasteiger partial charge in [0.05, 0.1) is 12.9 Å². The van der Waals surface area contributed by atoms with Crippen LogP contribution in [0.4, 0.5) is 0 Å². The molecule has 0 aliphatic carbocycles. The van der Waals surface area contributed by atoms with Gasteiger partial charge in [-0.1, -0.05) is 6.08 Å². The van der Waals surface area contributed by atoms with Gasteiger partial charge in [-0.15, -0.1) is 11.8 Å². The summed E-state index contributed by atoms with van der Waals surface area (Å²) in [7, 11) is 1.92. The first-order valence-electron chi connectivity index (χ1n) is 5.94. The highest BCUT2D eigenvalue weighted by atomic mass is 32.2. The Balaban J connectivity index is 2.18. The third-order valence-corrected chi connectivity index (χ3v) is 3.85. The molecule has 94 valence electrons. The number of fused-ring (bicyclic) bond motifs is 1. The fraction of sp³-hybridized carbons (Fsp3) is 0.417. The Morgan fingerprint density at radius 1 is 1.44 bits per heavy atom. The minimum atomic E-state index is 0.581. The number of aromatic nitrogens is 4. The van der Waals surface area contributed by atoms with Crippen molar-refractivity contribution >= 4 is 28.0 Å².